The summed E-state index contributed by atoms with van der Waals surface area (Å²) in [5.74, 6) is 0.978. The molecule has 0 atom stereocenters. The summed E-state index contributed by atoms with van der Waals surface area (Å²) in [6.45, 7) is 0.574. The molecule has 2 aromatic rings. The van der Waals surface area contributed by atoms with E-state index in [-0.39, 0.29) is 5.97 Å². The first-order chi connectivity index (χ1) is 9.66. The molecule has 0 bridgehead atoms. The van der Waals surface area contributed by atoms with Crippen molar-refractivity contribution in [1.82, 2.24) is 20.2 Å². The number of para-hydroxylation sites is 1. The van der Waals surface area contributed by atoms with Crippen LogP contribution in [0.5, 0.6) is 5.75 Å². The summed E-state index contributed by atoms with van der Waals surface area (Å²) in [4.78, 5) is 13.5. The lowest BCUT2D eigenvalue weighted by atomic mass is 10.3. The maximum Gasteiger partial charge on any atom is 0.311 e. The van der Waals surface area contributed by atoms with Gasteiger partial charge in [0.2, 0.25) is 5.95 Å². The zero-order valence-electron chi connectivity index (χ0n) is 11.6. The molecule has 0 saturated carbocycles. The van der Waals surface area contributed by atoms with E-state index in [1.165, 1.54) is 0 Å². The van der Waals surface area contributed by atoms with Crippen LogP contribution in [-0.4, -0.2) is 40.3 Å². The molecule has 1 aromatic heterocycles. The number of carbonyl (C=O) groups is 1. The van der Waals surface area contributed by atoms with Crippen molar-refractivity contribution >= 4 is 11.9 Å². The molecule has 0 saturated heterocycles. The van der Waals surface area contributed by atoms with Crippen molar-refractivity contribution in [2.75, 3.05) is 19.0 Å². The van der Waals surface area contributed by atoms with E-state index >= 15 is 0 Å². The Bertz CT molecular complexity index is 553. The third-order valence-corrected chi connectivity index (χ3v) is 2.64. The Labute approximate surface area is 117 Å². The minimum Gasteiger partial charge on any atom is -0.427 e. The molecule has 0 amide bonds. The number of aryl methyl sites for hydroxylation is 1. The molecule has 2 rings (SSSR count). The van der Waals surface area contributed by atoms with Crippen LogP contribution in [0.2, 0.25) is 0 Å². The Morgan fingerprint density at radius 2 is 2.05 bits per heavy atom. The van der Waals surface area contributed by atoms with Crippen LogP contribution in [0.1, 0.15) is 12.8 Å². The average Bonchev–Trinajstić information content (AvgIpc) is 2.88. The van der Waals surface area contributed by atoms with E-state index in [4.69, 9.17) is 4.74 Å². The van der Waals surface area contributed by atoms with Crippen LogP contribution in [0, 0.1) is 0 Å². The Balaban J connectivity index is 1.78. The summed E-state index contributed by atoms with van der Waals surface area (Å²) < 4.78 is 6.86. The first-order valence-corrected chi connectivity index (χ1v) is 6.36. The summed E-state index contributed by atoms with van der Waals surface area (Å²) in [5, 5.41) is 11.4. The van der Waals surface area contributed by atoms with Crippen LogP contribution in [0.3, 0.4) is 0 Å². The van der Waals surface area contributed by atoms with E-state index < -0.39 is 0 Å². The highest BCUT2D eigenvalue weighted by molar-refractivity contribution is 5.72. The van der Waals surface area contributed by atoms with Crippen molar-refractivity contribution in [2.24, 2.45) is 0 Å². The van der Waals surface area contributed by atoms with Crippen molar-refractivity contribution in [2.45, 2.75) is 19.4 Å². The quantitative estimate of drug-likeness (QED) is 0.581. The molecule has 0 aliphatic rings. The highest BCUT2D eigenvalue weighted by atomic mass is 16.5. The number of benzene rings is 1. The van der Waals surface area contributed by atoms with Gasteiger partial charge in [0.05, 0.1) is 0 Å². The lowest BCUT2D eigenvalue weighted by Gasteiger charge is -2.10. The fourth-order valence-electron chi connectivity index (χ4n) is 1.71. The van der Waals surface area contributed by atoms with Gasteiger partial charge in [-0.05, 0) is 29.0 Å². The van der Waals surface area contributed by atoms with Gasteiger partial charge < -0.3 is 9.64 Å². The van der Waals surface area contributed by atoms with Gasteiger partial charge in [-0.3, -0.25) is 4.79 Å². The third kappa shape index (κ3) is 3.78. The smallest absolute Gasteiger partial charge is 0.311 e. The van der Waals surface area contributed by atoms with Gasteiger partial charge in [0, 0.05) is 27.1 Å². The van der Waals surface area contributed by atoms with Crippen LogP contribution >= 0.6 is 0 Å². The van der Waals surface area contributed by atoms with Gasteiger partial charge in [-0.2, -0.15) is 0 Å². The predicted molar refractivity (Wildman–Crippen MR) is 73.5 cm³/mol. The summed E-state index contributed by atoms with van der Waals surface area (Å²) in [5.41, 5.74) is 0. The van der Waals surface area contributed by atoms with Crippen LogP contribution in [0.15, 0.2) is 30.3 Å². The normalized spacial score (nSPS) is 10.3. The van der Waals surface area contributed by atoms with E-state index in [0.29, 0.717) is 31.1 Å². The highest BCUT2D eigenvalue weighted by Gasteiger charge is 2.09. The Kier molecular flexibility index (Phi) is 4.65. The number of carbonyl (C=O) groups excluding carboxylic acids is 1. The minimum absolute atomic E-state index is 0.254. The summed E-state index contributed by atoms with van der Waals surface area (Å²) in [6.07, 6.45) is 0.944. The van der Waals surface area contributed by atoms with E-state index in [1.807, 2.05) is 37.2 Å². The molecule has 106 valence electrons. The average molecular weight is 275 g/mol. The largest absolute Gasteiger partial charge is 0.427 e. The second-order valence-electron chi connectivity index (χ2n) is 4.49. The zero-order valence-corrected chi connectivity index (χ0v) is 11.6. The van der Waals surface area contributed by atoms with Crippen molar-refractivity contribution in [3.63, 3.8) is 0 Å². The standard InChI is InChI=1S/C13H17N5O2/c1-17(2)13-14-15-16-18(13)10-6-9-12(19)20-11-7-4-3-5-8-11/h3-5,7-8H,6,9-10H2,1-2H3. The molecule has 1 aromatic carbocycles. The maximum atomic E-state index is 11.7. The third-order valence-electron chi connectivity index (χ3n) is 2.64. The molecule has 0 unspecified atom stereocenters. The molecule has 7 heteroatoms. The number of nitrogens with zero attached hydrogens (tertiary/aromatic N) is 5. The number of anilines is 1. The number of aromatic nitrogens is 4. The molecule has 0 fully saturated rings. The fourth-order valence-corrected chi connectivity index (χ4v) is 1.71. The van der Waals surface area contributed by atoms with Crippen LogP contribution in [-0.2, 0) is 11.3 Å². The summed E-state index contributed by atoms with van der Waals surface area (Å²) >= 11 is 0. The van der Waals surface area contributed by atoms with Crippen LogP contribution in [0.25, 0.3) is 0 Å². The number of hydrogen-bond donors (Lipinski definition) is 0. The Morgan fingerprint density at radius 3 is 2.75 bits per heavy atom. The zero-order chi connectivity index (χ0) is 14.4. The molecule has 20 heavy (non-hydrogen) atoms. The fraction of sp³-hybridized carbons (Fsp3) is 0.385. The molecule has 7 nitrogen and oxygen atoms in total. The van der Waals surface area contributed by atoms with Gasteiger partial charge in [-0.25, -0.2) is 4.68 Å². The molecule has 0 spiro atoms. The van der Waals surface area contributed by atoms with Crippen LogP contribution in [0.4, 0.5) is 5.95 Å². The number of hydrogen-bond acceptors (Lipinski definition) is 6. The minimum atomic E-state index is -0.254. The van der Waals surface area contributed by atoms with Gasteiger partial charge in [-0.1, -0.05) is 23.3 Å². The number of rotatable bonds is 6. The maximum absolute atomic E-state index is 11.7. The van der Waals surface area contributed by atoms with Crippen molar-refractivity contribution in [3.8, 4) is 5.75 Å². The monoisotopic (exact) mass is 275 g/mol. The first kappa shape index (κ1) is 14.0. The van der Waals surface area contributed by atoms with Crippen molar-refractivity contribution in [3.05, 3.63) is 30.3 Å². The SMILES string of the molecule is CN(C)c1nnnn1CCCC(=O)Oc1ccccc1. The number of esters is 1. The Morgan fingerprint density at radius 1 is 1.30 bits per heavy atom. The molecular weight excluding hydrogens is 258 g/mol. The second-order valence-corrected chi connectivity index (χ2v) is 4.49. The highest BCUT2D eigenvalue weighted by Crippen LogP contribution is 2.10. The van der Waals surface area contributed by atoms with E-state index in [2.05, 4.69) is 15.5 Å². The molecule has 0 radical (unpaired) electrons. The van der Waals surface area contributed by atoms with Gasteiger partial charge in [0.15, 0.2) is 0 Å². The van der Waals surface area contributed by atoms with E-state index in [9.17, 15) is 4.79 Å². The van der Waals surface area contributed by atoms with E-state index in [0.717, 1.165) is 0 Å². The van der Waals surface area contributed by atoms with Crippen LogP contribution < -0.4 is 9.64 Å². The number of ether oxygens (including phenoxy) is 1. The first-order valence-electron chi connectivity index (χ1n) is 6.36. The molecule has 0 N–H and O–H groups in total. The van der Waals surface area contributed by atoms with Gasteiger partial charge in [0.25, 0.3) is 0 Å². The van der Waals surface area contributed by atoms with Gasteiger partial charge in [-0.15, -0.1) is 0 Å². The topological polar surface area (TPSA) is 73.1 Å². The molecular formula is C13H17N5O2. The van der Waals surface area contributed by atoms with Crippen molar-refractivity contribution < 1.29 is 9.53 Å². The lowest BCUT2D eigenvalue weighted by molar-refractivity contribution is -0.134. The molecule has 0 aliphatic heterocycles. The van der Waals surface area contributed by atoms with Gasteiger partial charge >= 0.3 is 5.97 Å². The number of tetrazole rings is 1. The molecule has 0 aliphatic carbocycles. The second kappa shape index (κ2) is 6.65. The summed E-state index contributed by atoms with van der Waals surface area (Å²) in [6, 6.07) is 9.03. The summed E-state index contributed by atoms with van der Waals surface area (Å²) in [7, 11) is 3.73. The van der Waals surface area contributed by atoms with E-state index in [1.54, 1.807) is 16.8 Å². The van der Waals surface area contributed by atoms with Crippen molar-refractivity contribution in [1.29, 1.82) is 0 Å². The lowest BCUT2D eigenvalue weighted by Crippen LogP contribution is -2.17. The molecule has 1 heterocycles. The Hall–Kier alpha value is -2.44. The predicted octanol–water partition coefficient (Wildman–Crippen LogP) is 1.12. The van der Waals surface area contributed by atoms with Gasteiger partial charge in [0.1, 0.15) is 5.75 Å².